The molecule has 0 fully saturated rings. The molecular weight excluding hydrogens is 478 g/mol. The second kappa shape index (κ2) is 11.6. The Morgan fingerprint density at radius 3 is 2.47 bits per heavy atom. The molecule has 3 rings (SSSR count). The molecule has 1 N–H and O–H groups in total. The number of rotatable bonds is 10. The zero-order valence-corrected chi connectivity index (χ0v) is 20.2. The van der Waals surface area contributed by atoms with Crippen LogP contribution in [-0.4, -0.2) is 45.6 Å². The molecule has 0 radical (unpaired) electrons. The van der Waals surface area contributed by atoms with E-state index in [1.54, 1.807) is 54.6 Å². The Morgan fingerprint density at radius 1 is 1.03 bits per heavy atom. The molecule has 0 aliphatic carbocycles. The molecule has 0 heterocycles. The average molecular weight is 502 g/mol. The van der Waals surface area contributed by atoms with Gasteiger partial charge in [-0.15, -0.1) is 0 Å². The highest BCUT2D eigenvalue weighted by atomic mass is 35.5. The third-order valence-corrected chi connectivity index (χ3v) is 6.81. The Hall–Kier alpha value is -3.40. The smallest absolute Gasteiger partial charge is 0.255 e. The van der Waals surface area contributed by atoms with Crippen LogP contribution in [0.5, 0.6) is 11.5 Å². The number of hydrazone groups is 1. The molecule has 178 valence electrons. The van der Waals surface area contributed by atoms with E-state index in [9.17, 15) is 13.2 Å². The molecule has 10 heteroatoms. The van der Waals surface area contributed by atoms with Crippen molar-refractivity contribution in [2.24, 2.45) is 5.10 Å². The monoisotopic (exact) mass is 501 g/mol. The first-order valence-corrected chi connectivity index (χ1v) is 12.0. The van der Waals surface area contributed by atoms with Crippen LogP contribution >= 0.6 is 11.6 Å². The molecule has 34 heavy (non-hydrogen) atoms. The molecular formula is C24H24ClN3O5S. The second-order valence-corrected chi connectivity index (χ2v) is 9.47. The molecule has 8 nitrogen and oxygen atoms in total. The predicted octanol–water partition coefficient (Wildman–Crippen LogP) is 3.70. The standard InChI is InChI=1S/C24H24ClN3O5S/c1-32-21-11-12-22(33-2)23(14-21)34(30,31)28(16-18-7-4-3-5-8-18)17-24(29)27-26-15-19-9-6-10-20(25)13-19/h3-15H,16-17H2,1-2H3,(H,27,29)/b26-15+. The van der Waals surface area contributed by atoms with Gasteiger partial charge in [-0.25, -0.2) is 13.8 Å². The number of nitrogens with zero attached hydrogens (tertiary/aromatic N) is 2. The summed E-state index contributed by atoms with van der Waals surface area (Å²) in [5, 5.41) is 4.44. The summed E-state index contributed by atoms with van der Waals surface area (Å²) in [5.41, 5.74) is 3.76. The van der Waals surface area contributed by atoms with E-state index in [2.05, 4.69) is 10.5 Å². The molecule has 0 aromatic heterocycles. The summed E-state index contributed by atoms with van der Waals surface area (Å²) in [6.07, 6.45) is 1.42. The van der Waals surface area contributed by atoms with E-state index in [1.165, 1.54) is 32.6 Å². The van der Waals surface area contributed by atoms with Crippen molar-refractivity contribution in [1.82, 2.24) is 9.73 Å². The van der Waals surface area contributed by atoms with Gasteiger partial charge in [-0.1, -0.05) is 54.1 Å². The SMILES string of the molecule is COc1ccc(OC)c(S(=O)(=O)N(CC(=O)N/N=C/c2cccc(Cl)c2)Cc2ccccc2)c1. The van der Waals surface area contributed by atoms with Gasteiger partial charge >= 0.3 is 0 Å². The van der Waals surface area contributed by atoms with Crippen LogP contribution in [0.2, 0.25) is 5.02 Å². The van der Waals surface area contributed by atoms with Gasteiger partial charge in [0.25, 0.3) is 5.91 Å². The van der Waals surface area contributed by atoms with Crippen LogP contribution in [0.3, 0.4) is 0 Å². The topological polar surface area (TPSA) is 97.3 Å². The van der Waals surface area contributed by atoms with Crippen LogP contribution in [0, 0.1) is 0 Å². The minimum absolute atomic E-state index is 0.0328. The maximum atomic E-state index is 13.6. The van der Waals surface area contributed by atoms with E-state index < -0.39 is 22.5 Å². The third-order valence-electron chi connectivity index (χ3n) is 4.76. The van der Waals surface area contributed by atoms with Crippen LogP contribution in [0.25, 0.3) is 0 Å². The van der Waals surface area contributed by atoms with Crippen molar-refractivity contribution in [3.63, 3.8) is 0 Å². The summed E-state index contributed by atoms with van der Waals surface area (Å²) in [7, 11) is -1.34. The predicted molar refractivity (Wildman–Crippen MR) is 131 cm³/mol. The zero-order valence-electron chi connectivity index (χ0n) is 18.6. The lowest BCUT2D eigenvalue weighted by molar-refractivity contribution is -0.121. The Balaban J connectivity index is 1.87. The van der Waals surface area contributed by atoms with Gasteiger partial charge < -0.3 is 9.47 Å². The molecule has 1 amide bonds. The summed E-state index contributed by atoms with van der Waals surface area (Å²) in [6.45, 7) is -0.501. The number of methoxy groups -OCH3 is 2. The van der Waals surface area contributed by atoms with E-state index >= 15 is 0 Å². The first kappa shape index (κ1) is 25.2. The van der Waals surface area contributed by atoms with E-state index in [0.29, 0.717) is 21.9 Å². The summed E-state index contributed by atoms with van der Waals surface area (Å²) >= 11 is 5.95. The van der Waals surface area contributed by atoms with E-state index in [1.807, 2.05) is 6.07 Å². The summed E-state index contributed by atoms with van der Waals surface area (Å²) in [5.74, 6) is -0.132. The summed E-state index contributed by atoms with van der Waals surface area (Å²) in [4.78, 5) is 12.5. The molecule has 0 saturated carbocycles. The lowest BCUT2D eigenvalue weighted by atomic mass is 10.2. The quantitative estimate of drug-likeness (QED) is 0.337. The molecule has 0 atom stereocenters. The van der Waals surface area contributed by atoms with E-state index in [-0.39, 0.29) is 17.2 Å². The van der Waals surface area contributed by atoms with Crippen LogP contribution in [0.4, 0.5) is 0 Å². The van der Waals surface area contributed by atoms with Crippen LogP contribution in [0.1, 0.15) is 11.1 Å². The number of nitrogens with one attached hydrogen (secondary N) is 1. The molecule has 0 unspecified atom stereocenters. The van der Waals surface area contributed by atoms with Gasteiger partial charge in [-0.3, -0.25) is 4.79 Å². The normalized spacial score (nSPS) is 11.5. The molecule has 0 aliphatic rings. The van der Waals surface area contributed by atoms with Gasteiger partial charge in [-0.05, 0) is 35.4 Å². The van der Waals surface area contributed by atoms with E-state index in [0.717, 1.165) is 4.31 Å². The minimum atomic E-state index is -4.15. The number of hydrogen-bond donors (Lipinski definition) is 1. The number of amides is 1. The van der Waals surface area contributed by atoms with Crippen molar-refractivity contribution in [1.29, 1.82) is 0 Å². The van der Waals surface area contributed by atoms with Gasteiger partial charge in [-0.2, -0.15) is 9.41 Å². The molecule has 0 spiro atoms. The summed E-state index contributed by atoms with van der Waals surface area (Å²) < 4.78 is 38.7. The molecule has 0 aliphatic heterocycles. The number of halogens is 1. The lowest BCUT2D eigenvalue weighted by Crippen LogP contribution is -2.39. The highest BCUT2D eigenvalue weighted by Crippen LogP contribution is 2.31. The molecule has 0 saturated heterocycles. The Kier molecular flexibility index (Phi) is 8.64. The van der Waals surface area contributed by atoms with Crippen molar-refractivity contribution in [2.75, 3.05) is 20.8 Å². The zero-order chi connectivity index (χ0) is 24.6. The van der Waals surface area contributed by atoms with Crippen LogP contribution < -0.4 is 14.9 Å². The fourth-order valence-corrected chi connectivity index (χ4v) is 4.85. The number of sulfonamides is 1. The highest BCUT2D eigenvalue weighted by molar-refractivity contribution is 7.89. The maximum Gasteiger partial charge on any atom is 0.255 e. The first-order valence-electron chi connectivity index (χ1n) is 10.2. The van der Waals surface area contributed by atoms with Gasteiger partial charge in [0.2, 0.25) is 10.0 Å². The second-order valence-electron chi connectivity index (χ2n) is 7.12. The Bertz CT molecular complexity index is 1270. The van der Waals surface area contributed by atoms with Crippen molar-refractivity contribution < 1.29 is 22.7 Å². The average Bonchev–Trinajstić information content (AvgIpc) is 2.84. The number of carbonyl (C=O) groups is 1. The molecule has 0 bridgehead atoms. The number of carbonyl (C=O) groups excluding carboxylic acids is 1. The van der Waals surface area contributed by atoms with Gasteiger partial charge in [0.1, 0.15) is 16.4 Å². The lowest BCUT2D eigenvalue weighted by Gasteiger charge is -2.23. The number of hydrogen-bond acceptors (Lipinski definition) is 6. The summed E-state index contributed by atoms with van der Waals surface area (Å²) in [6, 6.07) is 20.3. The Morgan fingerprint density at radius 2 is 1.79 bits per heavy atom. The fraction of sp³-hybridized carbons (Fsp3) is 0.167. The van der Waals surface area contributed by atoms with Crippen LogP contribution in [0.15, 0.2) is 82.8 Å². The molecule has 3 aromatic carbocycles. The molecule has 3 aromatic rings. The van der Waals surface area contributed by atoms with Crippen molar-refractivity contribution >= 4 is 33.7 Å². The largest absolute Gasteiger partial charge is 0.497 e. The highest BCUT2D eigenvalue weighted by Gasteiger charge is 2.30. The Labute approximate surface area is 203 Å². The number of ether oxygens (including phenoxy) is 2. The van der Waals surface area contributed by atoms with E-state index in [4.69, 9.17) is 21.1 Å². The first-order chi connectivity index (χ1) is 16.3. The van der Waals surface area contributed by atoms with Crippen molar-refractivity contribution in [3.8, 4) is 11.5 Å². The fourth-order valence-electron chi connectivity index (χ4n) is 3.10. The van der Waals surface area contributed by atoms with Crippen LogP contribution in [-0.2, 0) is 21.4 Å². The number of benzene rings is 3. The van der Waals surface area contributed by atoms with Gasteiger partial charge in [0.15, 0.2) is 0 Å². The van der Waals surface area contributed by atoms with Crippen molar-refractivity contribution in [3.05, 3.63) is 88.9 Å². The van der Waals surface area contributed by atoms with Gasteiger partial charge in [0.05, 0.1) is 27.0 Å². The van der Waals surface area contributed by atoms with Gasteiger partial charge in [0, 0.05) is 17.6 Å². The van der Waals surface area contributed by atoms with Crippen molar-refractivity contribution in [2.45, 2.75) is 11.4 Å². The third kappa shape index (κ3) is 6.57. The maximum absolute atomic E-state index is 13.6. The minimum Gasteiger partial charge on any atom is -0.497 e.